The molecule has 1 aliphatic heterocycles. The van der Waals surface area contributed by atoms with Crippen molar-refractivity contribution in [1.82, 2.24) is 5.32 Å². The molecule has 1 fully saturated rings. The second-order valence-electron chi connectivity index (χ2n) is 20.8. The smallest absolute Gasteiger partial charge is 0.220 e. The molecule has 1 aliphatic rings. The van der Waals surface area contributed by atoms with Crippen molar-refractivity contribution in [3.63, 3.8) is 0 Å². The average molecular weight is 965 g/mol. The first-order valence-electron chi connectivity index (χ1n) is 29.5. The molecule has 0 radical (unpaired) electrons. The highest BCUT2D eigenvalue weighted by Crippen LogP contribution is 2.23. The summed E-state index contributed by atoms with van der Waals surface area (Å²) < 4.78 is 11.3. The predicted octanol–water partition coefficient (Wildman–Crippen LogP) is 14.6. The second kappa shape index (κ2) is 49.3. The average Bonchev–Trinajstić information content (AvgIpc) is 3.34. The summed E-state index contributed by atoms with van der Waals surface area (Å²) in [7, 11) is 0. The van der Waals surface area contributed by atoms with Crippen molar-refractivity contribution in [3.8, 4) is 0 Å². The van der Waals surface area contributed by atoms with Crippen LogP contribution >= 0.6 is 0 Å². The lowest BCUT2D eigenvalue weighted by Crippen LogP contribution is -2.60. The van der Waals surface area contributed by atoms with Crippen molar-refractivity contribution in [3.05, 3.63) is 24.3 Å². The SMILES string of the molecule is CCCCC/C=C\C/C=C\CCCCCCCCCC(=O)NC(COC1OC(CO)C(O)C(O)C1O)C(O)CCCCCCCCCCCCCCCCCCCCCCCCCCCCCC. The maximum absolute atomic E-state index is 13.1. The van der Waals surface area contributed by atoms with Gasteiger partial charge in [-0.05, 0) is 44.9 Å². The minimum atomic E-state index is -1.55. The number of aliphatic hydroxyl groups is 5. The van der Waals surface area contributed by atoms with Crippen molar-refractivity contribution in [2.75, 3.05) is 13.2 Å². The molecule has 0 aromatic heterocycles. The summed E-state index contributed by atoms with van der Waals surface area (Å²) in [4.78, 5) is 13.1. The molecule has 1 saturated heterocycles. The van der Waals surface area contributed by atoms with Crippen LogP contribution in [0.1, 0.15) is 290 Å². The summed E-state index contributed by atoms with van der Waals surface area (Å²) in [6.07, 6.45) is 55.0. The fourth-order valence-corrected chi connectivity index (χ4v) is 9.61. The van der Waals surface area contributed by atoms with E-state index < -0.39 is 49.5 Å². The first-order chi connectivity index (χ1) is 33.3. The second-order valence-corrected chi connectivity index (χ2v) is 20.8. The monoisotopic (exact) mass is 964 g/mol. The van der Waals surface area contributed by atoms with Crippen molar-refractivity contribution >= 4 is 5.91 Å². The van der Waals surface area contributed by atoms with Crippen LogP contribution in [0.5, 0.6) is 0 Å². The van der Waals surface area contributed by atoms with Crippen molar-refractivity contribution in [2.24, 2.45) is 0 Å². The maximum atomic E-state index is 13.1. The van der Waals surface area contributed by atoms with Crippen molar-refractivity contribution in [2.45, 2.75) is 333 Å². The number of unbranched alkanes of at least 4 members (excludes halogenated alkanes) is 37. The molecule has 0 spiro atoms. The van der Waals surface area contributed by atoms with Crippen LogP contribution < -0.4 is 5.32 Å². The van der Waals surface area contributed by atoms with E-state index >= 15 is 0 Å². The Bertz CT molecular complexity index is 1120. The molecule has 68 heavy (non-hydrogen) atoms. The number of hydrogen-bond acceptors (Lipinski definition) is 8. The molecular formula is C59H113NO8. The summed E-state index contributed by atoms with van der Waals surface area (Å²) in [5.41, 5.74) is 0. The topological polar surface area (TPSA) is 149 Å². The Kier molecular flexibility index (Phi) is 46.9. The van der Waals surface area contributed by atoms with Gasteiger partial charge in [0, 0.05) is 6.42 Å². The van der Waals surface area contributed by atoms with Gasteiger partial charge in [0.1, 0.15) is 24.4 Å². The van der Waals surface area contributed by atoms with Gasteiger partial charge in [-0.3, -0.25) is 4.79 Å². The van der Waals surface area contributed by atoms with Gasteiger partial charge in [-0.25, -0.2) is 0 Å². The third-order valence-electron chi connectivity index (χ3n) is 14.3. The zero-order valence-electron chi connectivity index (χ0n) is 44.6. The van der Waals surface area contributed by atoms with Gasteiger partial charge in [-0.1, -0.05) is 263 Å². The third-order valence-corrected chi connectivity index (χ3v) is 14.3. The molecule has 7 unspecified atom stereocenters. The molecule has 6 N–H and O–H groups in total. The molecule has 0 bridgehead atoms. The van der Waals surface area contributed by atoms with Gasteiger partial charge in [0.15, 0.2) is 6.29 Å². The Hall–Kier alpha value is -1.33. The number of carbonyl (C=O) groups excluding carboxylic acids is 1. The lowest BCUT2D eigenvalue weighted by Gasteiger charge is -2.40. The van der Waals surface area contributed by atoms with Crippen LogP contribution in [0.25, 0.3) is 0 Å². The molecule has 0 aromatic carbocycles. The number of aliphatic hydroxyl groups excluding tert-OH is 5. The summed E-state index contributed by atoms with van der Waals surface area (Å²) in [6, 6.07) is -0.723. The minimum absolute atomic E-state index is 0.139. The van der Waals surface area contributed by atoms with E-state index in [9.17, 15) is 30.3 Å². The predicted molar refractivity (Wildman–Crippen MR) is 286 cm³/mol. The molecule has 402 valence electrons. The molecule has 0 aromatic rings. The van der Waals surface area contributed by atoms with Crippen molar-refractivity contribution in [1.29, 1.82) is 0 Å². The number of nitrogens with one attached hydrogen (secondary N) is 1. The van der Waals surface area contributed by atoms with Gasteiger partial charge >= 0.3 is 0 Å². The lowest BCUT2D eigenvalue weighted by atomic mass is 9.99. The van der Waals surface area contributed by atoms with Gasteiger partial charge in [0.2, 0.25) is 5.91 Å². The van der Waals surface area contributed by atoms with Crippen LogP contribution in [0.3, 0.4) is 0 Å². The number of hydrogen-bond donors (Lipinski definition) is 6. The van der Waals surface area contributed by atoms with E-state index in [1.54, 1.807) is 0 Å². The lowest BCUT2D eigenvalue weighted by molar-refractivity contribution is -0.302. The Morgan fingerprint density at radius 2 is 0.868 bits per heavy atom. The van der Waals surface area contributed by atoms with E-state index in [0.717, 1.165) is 51.4 Å². The van der Waals surface area contributed by atoms with E-state index in [1.165, 1.54) is 212 Å². The Labute approximate surface area is 419 Å². The molecule has 0 aliphatic carbocycles. The number of ether oxygens (including phenoxy) is 2. The van der Waals surface area contributed by atoms with Gasteiger partial charge in [0.05, 0.1) is 25.4 Å². The number of rotatable bonds is 51. The fraction of sp³-hybridized carbons (Fsp3) is 0.915. The summed E-state index contributed by atoms with van der Waals surface area (Å²) in [6.45, 7) is 3.84. The highest BCUT2D eigenvalue weighted by Gasteiger charge is 2.44. The van der Waals surface area contributed by atoms with Crippen LogP contribution in [-0.4, -0.2) is 87.5 Å². The van der Waals surface area contributed by atoms with Crippen LogP contribution in [0.2, 0.25) is 0 Å². The van der Waals surface area contributed by atoms with Crippen LogP contribution in [0, 0.1) is 0 Å². The number of amides is 1. The van der Waals surface area contributed by atoms with E-state index in [-0.39, 0.29) is 12.5 Å². The van der Waals surface area contributed by atoms with Gasteiger partial charge < -0.3 is 40.3 Å². The molecule has 7 atom stereocenters. The Morgan fingerprint density at radius 1 is 0.500 bits per heavy atom. The van der Waals surface area contributed by atoms with Crippen LogP contribution in [-0.2, 0) is 14.3 Å². The molecule has 1 rings (SSSR count). The van der Waals surface area contributed by atoms with E-state index in [0.29, 0.717) is 12.8 Å². The molecule has 9 nitrogen and oxygen atoms in total. The number of carbonyl (C=O) groups is 1. The highest BCUT2D eigenvalue weighted by molar-refractivity contribution is 5.76. The first kappa shape index (κ1) is 64.7. The van der Waals surface area contributed by atoms with Crippen LogP contribution in [0.4, 0.5) is 0 Å². The zero-order chi connectivity index (χ0) is 49.4. The van der Waals surface area contributed by atoms with E-state index in [2.05, 4.69) is 43.5 Å². The maximum Gasteiger partial charge on any atom is 0.220 e. The summed E-state index contributed by atoms with van der Waals surface area (Å²) in [5, 5.41) is 54.7. The largest absolute Gasteiger partial charge is 0.394 e. The quantitative estimate of drug-likeness (QED) is 0.0261. The Morgan fingerprint density at radius 3 is 1.29 bits per heavy atom. The molecule has 1 amide bonds. The van der Waals surface area contributed by atoms with Crippen LogP contribution in [0.15, 0.2) is 24.3 Å². The third kappa shape index (κ3) is 38.4. The van der Waals surface area contributed by atoms with E-state index in [1.807, 2.05) is 0 Å². The normalized spacial score (nSPS) is 19.7. The Balaban J connectivity index is 2.16. The van der Waals surface area contributed by atoms with Gasteiger partial charge in [-0.2, -0.15) is 0 Å². The standard InChI is InChI=1S/C59H113NO8/c1-3-5-7-9-11-13-15-17-19-21-22-23-24-25-26-27-28-29-30-31-33-34-36-38-40-42-44-46-48-53(62)52(51-67-59-58(66)57(65)56(64)54(50-61)68-59)60-55(63)49-47-45-43-41-39-37-35-32-20-18-16-14-12-10-8-6-4-2/h12,14,18,20,52-54,56-59,61-62,64-66H,3-11,13,15-17,19,21-51H2,1-2H3,(H,60,63)/b14-12-,20-18-. The zero-order valence-corrected chi connectivity index (χ0v) is 44.6. The van der Waals surface area contributed by atoms with Crippen molar-refractivity contribution < 1.29 is 39.8 Å². The number of allylic oxidation sites excluding steroid dienone is 4. The highest BCUT2D eigenvalue weighted by atomic mass is 16.7. The fourth-order valence-electron chi connectivity index (χ4n) is 9.61. The minimum Gasteiger partial charge on any atom is -0.394 e. The summed E-state index contributed by atoms with van der Waals surface area (Å²) >= 11 is 0. The molecule has 0 saturated carbocycles. The van der Waals surface area contributed by atoms with Gasteiger partial charge in [0.25, 0.3) is 0 Å². The van der Waals surface area contributed by atoms with Gasteiger partial charge in [-0.15, -0.1) is 0 Å². The molecule has 1 heterocycles. The molecule has 9 heteroatoms. The summed E-state index contributed by atoms with van der Waals surface area (Å²) in [5.74, 6) is -0.149. The molecular weight excluding hydrogens is 851 g/mol. The van der Waals surface area contributed by atoms with E-state index in [4.69, 9.17) is 9.47 Å². The first-order valence-corrected chi connectivity index (χ1v) is 29.5.